The molecular formula is C25H28N8OS. The van der Waals surface area contributed by atoms with E-state index >= 15 is 0 Å². The van der Waals surface area contributed by atoms with Crippen LogP contribution in [-0.4, -0.2) is 65.5 Å². The van der Waals surface area contributed by atoms with Crippen LogP contribution in [0.3, 0.4) is 0 Å². The van der Waals surface area contributed by atoms with Crippen LogP contribution in [0.2, 0.25) is 0 Å². The number of aryl methyl sites for hydroxylation is 1. The van der Waals surface area contributed by atoms with Gasteiger partial charge >= 0.3 is 0 Å². The molecule has 0 bridgehead atoms. The van der Waals surface area contributed by atoms with Gasteiger partial charge in [-0.25, -0.2) is 4.68 Å². The molecule has 35 heavy (non-hydrogen) atoms. The Kier molecular flexibility index (Phi) is 6.01. The maximum Gasteiger partial charge on any atom is 0.241 e. The molecule has 2 aliphatic rings. The summed E-state index contributed by atoms with van der Waals surface area (Å²) in [5.74, 6) is 2.23. The SMILES string of the molecule is Cc1ccccc1-c1noc(CN2CCN(Cn3nc(-c4cccnc4)n(C4CC4)c3=S)CC2)n1. The molecule has 9 nitrogen and oxygen atoms in total. The second kappa shape index (κ2) is 9.44. The van der Waals surface area contributed by atoms with Crippen LogP contribution in [-0.2, 0) is 13.2 Å². The second-order valence-corrected chi connectivity index (χ2v) is 9.68. The summed E-state index contributed by atoms with van der Waals surface area (Å²) < 4.78 is 10.5. The number of benzene rings is 1. The molecule has 2 fully saturated rings. The molecule has 4 heterocycles. The summed E-state index contributed by atoms with van der Waals surface area (Å²) in [6.45, 7) is 7.12. The van der Waals surface area contributed by atoms with E-state index in [4.69, 9.17) is 21.8 Å². The van der Waals surface area contributed by atoms with E-state index in [2.05, 4.69) is 42.5 Å². The lowest BCUT2D eigenvalue weighted by Crippen LogP contribution is -2.46. The number of aromatic nitrogens is 6. The van der Waals surface area contributed by atoms with Crippen molar-refractivity contribution in [1.29, 1.82) is 0 Å². The summed E-state index contributed by atoms with van der Waals surface area (Å²) in [6.07, 6.45) is 5.97. The molecule has 0 atom stereocenters. The van der Waals surface area contributed by atoms with Gasteiger partial charge in [-0.1, -0.05) is 29.4 Å². The molecule has 1 aliphatic carbocycles. The maximum atomic E-state index is 5.84. The van der Waals surface area contributed by atoms with Crippen LogP contribution >= 0.6 is 12.2 Å². The molecule has 0 amide bonds. The zero-order chi connectivity index (χ0) is 23.8. The first-order chi connectivity index (χ1) is 17.2. The minimum absolute atomic E-state index is 0.460. The maximum absolute atomic E-state index is 5.84. The minimum Gasteiger partial charge on any atom is -0.338 e. The Balaban J connectivity index is 1.09. The predicted molar refractivity (Wildman–Crippen MR) is 134 cm³/mol. The first-order valence-electron chi connectivity index (χ1n) is 12.1. The fourth-order valence-electron chi connectivity index (χ4n) is 4.59. The normalized spacial score (nSPS) is 17.2. The van der Waals surface area contributed by atoms with Crippen LogP contribution in [0, 0.1) is 11.7 Å². The Morgan fingerprint density at radius 2 is 1.83 bits per heavy atom. The lowest BCUT2D eigenvalue weighted by Gasteiger charge is -2.33. The fourth-order valence-corrected chi connectivity index (χ4v) is 4.92. The largest absolute Gasteiger partial charge is 0.338 e. The lowest BCUT2D eigenvalue weighted by molar-refractivity contribution is 0.0908. The van der Waals surface area contributed by atoms with Gasteiger partial charge in [0.1, 0.15) is 0 Å². The minimum atomic E-state index is 0.460. The molecular weight excluding hydrogens is 460 g/mol. The smallest absolute Gasteiger partial charge is 0.241 e. The Hall–Kier alpha value is -3.21. The first kappa shape index (κ1) is 22.3. The summed E-state index contributed by atoms with van der Waals surface area (Å²) in [6, 6.07) is 12.6. The summed E-state index contributed by atoms with van der Waals surface area (Å²) >= 11 is 5.84. The second-order valence-electron chi connectivity index (χ2n) is 9.31. The van der Waals surface area contributed by atoms with E-state index in [9.17, 15) is 0 Å². The van der Waals surface area contributed by atoms with Gasteiger partial charge in [0.15, 0.2) is 10.6 Å². The van der Waals surface area contributed by atoms with Gasteiger partial charge in [-0.2, -0.15) is 10.1 Å². The molecule has 3 aromatic heterocycles. The molecule has 4 aromatic rings. The van der Waals surface area contributed by atoms with Crippen LogP contribution in [0.1, 0.15) is 30.3 Å². The van der Waals surface area contributed by atoms with Crippen molar-refractivity contribution in [3.63, 3.8) is 0 Å². The third-order valence-corrected chi connectivity index (χ3v) is 7.12. The summed E-state index contributed by atoms with van der Waals surface area (Å²) in [5.41, 5.74) is 3.17. The number of hydrogen-bond acceptors (Lipinski definition) is 8. The predicted octanol–water partition coefficient (Wildman–Crippen LogP) is 3.94. The Morgan fingerprint density at radius 1 is 1.03 bits per heavy atom. The van der Waals surface area contributed by atoms with Crippen molar-refractivity contribution >= 4 is 12.2 Å². The molecule has 0 N–H and O–H groups in total. The Bertz CT molecular complexity index is 1370. The highest BCUT2D eigenvalue weighted by molar-refractivity contribution is 7.71. The van der Waals surface area contributed by atoms with Crippen LogP contribution in [0.5, 0.6) is 0 Å². The van der Waals surface area contributed by atoms with Crippen molar-refractivity contribution in [3.05, 3.63) is 65.0 Å². The molecule has 0 radical (unpaired) electrons. The molecule has 0 unspecified atom stereocenters. The number of pyridine rings is 1. The van der Waals surface area contributed by atoms with E-state index < -0.39 is 0 Å². The van der Waals surface area contributed by atoms with Crippen molar-refractivity contribution < 1.29 is 4.52 Å². The monoisotopic (exact) mass is 488 g/mol. The van der Waals surface area contributed by atoms with Crippen molar-refractivity contribution in [2.24, 2.45) is 0 Å². The van der Waals surface area contributed by atoms with E-state index in [0.717, 1.165) is 66.3 Å². The highest BCUT2D eigenvalue weighted by Crippen LogP contribution is 2.38. The summed E-state index contributed by atoms with van der Waals surface area (Å²) in [5, 5.41) is 9.10. The summed E-state index contributed by atoms with van der Waals surface area (Å²) in [4.78, 5) is 13.7. The molecule has 0 spiro atoms. The van der Waals surface area contributed by atoms with Crippen LogP contribution in [0.4, 0.5) is 0 Å². The quantitative estimate of drug-likeness (QED) is 0.362. The first-order valence-corrected chi connectivity index (χ1v) is 12.5. The number of hydrogen-bond donors (Lipinski definition) is 0. The average Bonchev–Trinajstić information content (AvgIpc) is 3.53. The van der Waals surface area contributed by atoms with E-state index in [0.29, 0.717) is 31.0 Å². The average molecular weight is 489 g/mol. The zero-order valence-corrected chi connectivity index (χ0v) is 20.6. The summed E-state index contributed by atoms with van der Waals surface area (Å²) in [7, 11) is 0. The van der Waals surface area contributed by atoms with E-state index in [-0.39, 0.29) is 0 Å². The van der Waals surface area contributed by atoms with Gasteiger partial charge in [0.2, 0.25) is 11.7 Å². The molecule has 1 aliphatic heterocycles. The van der Waals surface area contributed by atoms with Gasteiger partial charge in [-0.3, -0.25) is 19.4 Å². The van der Waals surface area contributed by atoms with Crippen LogP contribution in [0.15, 0.2) is 53.3 Å². The molecule has 1 saturated heterocycles. The zero-order valence-electron chi connectivity index (χ0n) is 19.7. The van der Waals surface area contributed by atoms with Gasteiger partial charge in [-0.15, -0.1) is 0 Å². The third kappa shape index (κ3) is 4.69. The fraction of sp³-hybridized carbons (Fsp3) is 0.400. The van der Waals surface area contributed by atoms with E-state index in [1.165, 1.54) is 0 Å². The number of rotatable bonds is 7. The van der Waals surface area contributed by atoms with Crippen molar-refractivity contribution in [2.45, 2.75) is 39.0 Å². The topological polar surface area (TPSA) is 81.0 Å². The van der Waals surface area contributed by atoms with Crippen LogP contribution in [0.25, 0.3) is 22.8 Å². The van der Waals surface area contributed by atoms with E-state index in [1.807, 2.05) is 41.2 Å². The molecule has 6 rings (SSSR count). The highest BCUT2D eigenvalue weighted by Gasteiger charge is 2.30. The lowest BCUT2D eigenvalue weighted by atomic mass is 10.1. The van der Waals surface area contributed by atoms with Crippen molar-refractivity contribution in [3.8, 4) is 22.8 Å². The molecule has 10 heteroatoms. The highest BCUT2D eigenvalue weighted by atomic mass is 32.1. The standard InChI is InChI=1S/C25H28N8OS/c1-18-5-2-3-7-21(18)23-27-22(34-29-23)16-30-11-13-31(14-12-30)17-32-25(35)33(20-8-9-20)24(28-32)19-6-4-10-26-15-19/h2-7,10,15,20H,8-9,11-14,16-17H2,1H3. The third-order valence-electron chi connectivity index (χ3n) is 6.71. The number of nitrogens with zero attached hydrogens (tertiary/aromatic N) is 8. The Morgan fingerprint density at radius 3 is 2.57 bits per heavy atom. The molecule has 180 valence electrons. The Labute approximate surface area is 209 Å². The van der Waals surface area contributed by atoms with Gasteiger partial charge in [-0.05, 0) is 49.7 Å². The van der Waals surface area contributed by atoms with Gasteiger partial charge in [0, 0.05) is 55.7 Å². The van der Waals surface area contributed by atoms with Gasteiger partial charge in [0.25, 0.3) is 0 Å². The van der Waals surface area contributed by atoms with Crippen molar-refractivity contribution in [2.75, 3.05) is 26.2 Å². The van der Waals surface area contributed by atoms with E-state index in [1.54, 1.807) is 6.20 Å². The molecule has 1 aromatic carbocycles. The van der Waals surface area contributed by atoms with Crippen LogP contribution < -0.4 is 0 Å². The molecule has 1 saturated carbocycles. The van der Waals surface area contributed by atoms with Crippen molar-refractivity contribution in [1.82, 2.24) is 39.3 Å². The van der Waals surface area contributed by atoms with Gasteiger partial charge < -0.3 is 4.52 Å². The van der Waals surface area contributed by atoms with Gasteiger partial charge in [0.05, 0.1) is 13.2 Å². The number of piperazine rings is 1.